The van der Waals surface area contributed by atoms with Crippen LogP contribution in [0, 0.1) is 18.6 Å². The van der Waals surface area contributed by atoms with Crippen molar-refractivity contribution in [3.63, 3.8) is 0 Å². The SMILES string of the molecule is Cc1ccccc1-n1c(C)nn(CN(C2CCCC2)C2CC2)c1=S. The van der Waals surface area contributed by atoms with Crippen LogP contribution in [0.25, 0.3) is 5.69 Å². The largest absolute Gasteiger partial charge is 0.278 e. The first-order valence-electron chi connectivity index (χ1n) is 9.13. The Bertz CT molecular complexity index is 781. The van der Waals surface area contributed by atoms with Gasteiger partial charge in [0, 0.05) is 12.1 Å². The molecule has 0 spiro atoms. The smallest absolute Gasteiger partial charge is 0.203 e. The van der Waals surface area contributed by atoms with Crippen molar-refractivity contribution >= 4 is 12.2 Å². The maximum atomic E-state index is 5.79. The van der Waals surface area contributed by atoms with E-state index >= 15 is 0 Å². The zero-order valence-electron chi connectivity index (χ0n) is 14.6. The van der Waals surface area contributed by atoms with E-state index in [4.69, 9.17) is 17.3 Å². The lowest BCUT2D eigenvalue weighted by molar-refractivity contribution is 0.134. The minimum absolute atomic E-state index is 0.725. The molecule has 2 saturated carbocycles. The highest BCUT2D eigenvalue weighted by atomic mass is 32.1. The molecule has 0 bridgehead atoms. The predicted molar refractivity (Wildman–Crippen MR) is 99.0 cm³/mol. The van der Waals surface area contributed by atoms with Gasteiger partial charge in [-0.15, -0.1) is 0 Å². The highest BCUT2D eigenvalue weighted by molar-refractivity contribution is 7.71. The summed E-state index contributed by atoms with van der Waals surface area (Å²) in [5.41, 5.74) is 2.37. The molecule has 0 saturated heterocycles. The molecule has 24 heavy (non-hydrogen) atoms. The van der Waals surface area contributed by atoms with Gasteiger partial charge in [-0.1, -0.05) is 31.0 Å². The van der Waals surface area contributed by atoms with Gasteiger partial charge in [0.2, 0.25) is 4.77 Å². The molecule has 0 unspecified atom stereocenters. The molecule has 128 valence electrons. The van der Waals surface area contributed by atoms with Crippen molar-refractivity contribution in [2.24, 2.45) is 0 Å². The average Bonchev–Trinajstić information content (AvgIpc) is 3.18. The van der Waals surface area contributed by atoms with Gasteiger partial charge in [0.25, 0.3) is 0 Å². The van der Waals surface area contributed by atoms with E-state index in [1.807, 2.05) is 4.68 Å². The van der Waals surface area contributed by atoms with Crippen LogP contribution in [0.2, 0.25) is 0 Å². The van der Waals surface area contributed by atoms with Crippen LogP contribution in [0.3, 0.4) is 0 Å². The molecule has 1 aromatic carbocycles. The molecular formula is C19H26N4S. The zero-order valence-corrected chi connectivity index (χ0v) is 15.4. The summed E-state index contributed by atoms with van der Waals surface area (Å²) in [6, 6.07) is 9.86. The number of nitrogens with zero attached hydrogens (tertiary/aromatic N) is 4. The van der Waals surface area contributed by atoms with Crippen LogP contribution in [-0.4, -0.2) is 31.3 Å². The lowest BCUT2D eigenvalue weighted by atomic mass is 10.2. The third-order valence-corrected chi connectivity index (χ3v) is 5.86. The lowest BCUT2D eigenvalue weighted by Gasteiger charge is -2.28. The third kappa shape index (κ3) is 2.95. The van der Waals surface area contributed by atoms with Crippen LogP contribution in [0.1, 0.15) is 49.9 Å². The Morgan fingerprint density at radius 3 is 2.42 bits per heavy atom. The number of benzene rings is 1. The summed E-state index contributed by atoms with van der Waals surface area (Å²) in [6.07, 6.45) is 8.08. The van der Waals surface area contributed by atoms with Gasteiger partial charge in [0.15, 0.2) is 0 Å². The summed E-state index contributed by atoms with van der Waals surface area (Å²) in [7, 11) is 0. The molecule has 2 aromatic rings. The molecule has 1 aromatic heterocycles. The molecule has 5 heteroatoms. The van der Waals surface area contributed by atoms with Crippen LogP contribution in [0.15, 0.2) is 24.3 Å². The molecule has 2 aliphatic carbocycles. The Labute approximate surface area is 149 Å². The average molecular weight is 343 g/mol. The molecule has 0 atom stereocenters. The Hall–Kier alpha value is -1.46. The number of aryl methyl sites for hydroxylation is 2. The highest BCUT2D eigenvalue weighted by Gasteiger charge is 2.35. The van der Waals surface area contributed by atoms with Gasteiger partial charge in [0.05, 0.1) is 12.4 Å². The molecule has 4 rings (SSSR count). The Morgan fingerprint density at radius 1 is 1.08 bits per heavy atom. The summed E-state index contributed by atoms with van der Waals surface area (Å²) in [5.74, 6) is 0.969. The second-order valence-corrected chi connectivity index (χ2v) is 7.64. The first-order chi connectivity index (χ1) is 11.6. The van der Waals surface area contributed by atoms with Gasteiger partial charge in [-0.2, -0.15) is 5.10 Å². The van der Waals surface area contributed by atoms with Gasteiger partial charge in [0.1, 0.15) is 5.82 Å². The van der Waals surface area contributed by atoms with Crippen LogP contribution in [0.4, 0.5) is 0 Å². The lowest BCUT2D eigenvalue weighted by Crippen LogP contribution is -2.37. The van der Waals surface area contributed by atoms with E-state index in [2.05, 4.69) is 47.6 Å². The number of para-hydroxylation sites is 1. The van der Waals surface area contributed by atoms with Crippen molar-refractivity contribution < 1.29 is 0 Å². The fraction of sp³-hybridized carbons (Fsp3) is 0.579. The normalized spacial score (nSPS) is 18.6. The zero-order chi connectivity index (χ0) is 16.7. The monoisotopic (exact) mass is 342 g/mol. The highest BCUT2D eigenvalue weighted by Crippen LogP contribution is 2.34. The van der Waals surface area contributed by atoms with Crippen LogP contribution in [-0.2, 0) is 6.67 Å². The number of hydrogen-bond donors (Lipinski definition) is 0. The summed E-state index contributed by atoms with van der Waals surface area (Å²) in [5, 5.41) is 4.78. The van der Waals surface area contributed by atoms with Crippen LogP contribution in [0.5, 0.6) is 0 Å². The number of hydrogen-bond acceptors (Lipinski definition) is 3. The van der Waals surface area contributed by atoms with Gasteiger partial charge in [-0.05, 0) is 63.4 Å². The van der Waals surface area contributed by atoms with Crippen molar-refractivity contribution in [1.82, 2.24) is 19.2 Å². The predicted octanol–water partition coefficient (Wildman–Crippen LogP) is 4.38. The minimum Gasteiger partial charge on any atom is -0.278 e. The van der Waals surface area contributed by atoms with Crippen molar-refractivity contribution in [3.05, 3.63) is 40.4 Å². The van der Waals surface area contributed by atoms with Crippen LogP contribution >= 0.6 is 12.2 Å². The van der Waals surface area contributed by atoms with Crippen molar-refractivity contribution in [2.45, 2.75) is 71.1 Å². The Morgan fingerprint density at radius 2 is 1.75 bits per heavy atom. The molecule has 2 fully saturated rings. The summed E-state index contributed by atoms with van der Waals surface area (Å²) in [6.45, 7) is 5.02. The second-order valence-electron chi connectivity index (χ2n) is 7.28. The van der Waals surface area contributed by atoms with Crippen molar-refractivity contribution in [1.29, 1.82) is 0 Å². The van der Waals surface area contributed by atoms with E-state index in [9.17, 15) is 0 Å². The molecule has 0 amide bonds. The number of aromatic nitrogens is 3. The van der Waals surface area contributed by atoms with Gasteiger partial charge >= 0.3 is 0 Å². The van der Waals surface area contributed by atoms with E-state index in [0.29, 0.717) is 0 Å². The van der Waals surface area contributed by atoms with Gasteiger partial charge in [-0.3, -0.25) is 9.47 Å². The van der Waals surface area contributed by atoms with Crippen molar-refractivity contribution in [2.75, 3.05) is 0 Å². The quantitative estimate of drug-likeness (QED) is 0.754. The van der Waals surface area contributed by atoms with Crippen LogP contribution < -0.4 is 0 Å². The minimum atomic E-state index is 0.725. The first kappa shape index (κ1) is 16.0. The molecule has 4 nitrogen and oxygen atoms in total. The van der Waals surface area contributed by atoms with E-state index < -0.39 is 0 Å². The molecule has 0 radical (unpaired) electrons. The van der Waals surface area contributed by atoms with E-state index in [1.165, 1.54) is 44.1 Å². The molecular weight excluding hydrogens is 316 g/mol. The van der Waals surface area contributed by atoms with Crippen molar-refractivity contribution in [3.8, 4) is 5.69 Å². The summed E-state index contributed by atoms with van der Waals surface area (Å²) in [4.78, 5) is 2.66. The molecule has 0 N–H and O–H groups in total. The van der Waals surface area contributed by atoms with E-state index in [1.54, 1.807) is 0 Å². The first-order valence-corrected chi connectivity index (χ1v) is 9.54. The standard InChI is InChI=1S/C19H26N4S/c1-14-7-3-6-10-18(14)23-15(2)20-22(19(23)24)13-21(17-11-12-17)16-8-4-5-9-16/h3,6-7,10,16-17H,4-5,8-9,11-13H2,1-2H3. The molecule has 2 aliphatic rings. The van der Waals surface area contributed by atoms with Gasteiger partial charge < -0.3 is 0 Å². The maximum Gasteiger partial charge on any atom is 0.203 e. The Balaban J connectivity index is 1.66. The number of rotatable bonds is 5. The third-order valence-electron chi connectivity index (χ3n) is 5.46. The summed E-state index contributed by atoms with van der Waals surface area (Å²) >= 11 is 5.79. The maximum absolute atomic E-state index is 5.79. The second kappa shape index (κ2) is 6.45. The summed E-state index contributed by atoms with van der Waals surface area (Å²) < 4.78 is 4.96. The fourth-order valence-corrected chi connectivity index (χ4v) is 4.35. The fourth-order valence-electron chi connectivity index (χ4n) is 4.03. The van der Waals surface area contributed by atoms with E-state index in [-0.39, 0.29) is 0 Å². The van der Waals surface area contributed by atoms with E-state index in [0.717, 1.165) is 35.0 Å². The molecule has 0 aliphatic heterocycles. The topological polar surface area (TPSA) is 26.0 Å². The molecule has 1 heterocycles. The van der Waals surface area contributed by atoms with Gasteiger partial charge in [-0.25, -0.2) is 4.68 Å². The Kier molecular flexibility index (Phi) is 4.31.